The van der Waals surface area contributed by atoms with E-state index in [0.717, 1.165) is 0 Å². The number of primary amides is 1. The molecule has 4 nitrogen and oxygen atoms in total. The number of anilines is 3. The standard InChI is InChI=1S/C13H10BrCl2N3O/c14-7-2-4-9(12(16)11(7)15)19-10-5-6(13(18)20)1-3-8(10)17/h1-5,19H,17H2,(H2,18,20). The van der Waals surface area contributed by atoms with E-state index >= 15 is 0 Å². The number of nitrogens with two attached hydrogens (primary N) is 2. The van der Waals surface area contributed by atoms with Gasteiger partial charge in [0.2, 0.25) is 5.91 Å². The summed E-state index contributed by atoms with van der Waals surface area (Å²) < 4.78 is 0.688. The van der Waals surface area contributed by atoms with Gasteiger partial charge in [-0.3, -0.25) is 4.79 Å². The lowest BCUT2D eigenvalue weighted by molar-refractivity contribution is 0.100. The van der Waals surface area contributed by atoms with E-state index < -0.39 is 5.91 Å². The molecule has 0 saturated heterocycles. The molecule has 2 rings (SSSR count). The zero-order valence-corrected chi connectivity index (χ0v) is 13.2. The summed E-state index contributed by atoms with van der Waals surface area (Å²) in [7, 11) is 0. The van der Waals surface area contributed by atoms with Crippen LogP contribution >= 0.6 is 39.1 Å². The molecule has 0 unspecified atom stereocenters. The first-order valence-corrected chi connectivity index (χ1v) is 7.05. The lowest BCUT2D eigenvalue weighted by Gasteiger charge is -2.13. The number of amides is 1. The van der Waals surface area contributed by atoms with Crippen LogP contribution in [0.1, 0.15) is 10.4 Å². The molecule has 0 heterocycles. The number of nitrogen functional groups attached to an aromatic ring is 1. The van der Waals surface area contributed by atoms with Gasteiger partial charge in [-0.25, -0.2) is 0 Å². The number of rotatable bonds is 3. The van der Waals surface area contributed by atoms with Gasteiger partial charge in [0.05, 0.1) is 27.1 Å². The zero-order valence-electron chi connectivity index (χ0n) is 10.1. The van der Waals surface area contributed by atoms with Crippen molar-refractivity contribution in [2.24, 2.45) is 5.73 Å². The van der Waals surface area contributed by atoms with Gasteiger partial charge in [0, 0.05) is 10.0 Å². The van der Waals surface area contributed by atoms with Gasteiger partial charge in [-0.05, 0) is 46.3 Å². The molecule has 0 spiro atoms. The Labute approximate surface area is 134 Å². The Morgan fingerprint density at radius 1 is 1.10 bits per heavy atom. The summed E-state index contributed by atoms with van der Waals surface area (Å²) in [6.07, 6.45) is 0. The molecule has 0 aliphatic rings. The molecule has 0 radical (unpaired) electrons. The summed E-state index contributed by atoms with van der Waals surface area (Å²) in [6, 6.07) is 8.21. The van der Waals surface area contributed by atoms with Gasteiger partial charge < -0.3 is 16.8 Å². The number of halogens is 3. The minimum atomic E-state index is -0.534. The first-order valence-electron chi connectivity index (χ1n) is 5.50. The summed E-state index contributed by atoms with van der Waals surface area (Å²) in [5.41, 5.74) is 13.0. The second-order valence-electron chi connectivity index (χ2n) is 4.01. The van der Waals surface area contributed by atoms with Crippen LogP contribution in [-0.4, -0.2) is 5.91 Å². The van der Waals surface area contributed by atoms with Crippen molar-refractivity contribution >= 4 is 62.1 Å². The van der Waals surface area contributed by atoms with Crippen LogP contribution in [0.5, 0.6) is 0 Å². The molecule has 0 aliphatic heterocycles. The van der Waals surface area contributed by atoms with Crippen molar-refractivity contribution in [3.8, 4) is 0 Å². The minimum Gasteiger partial charge on any atom is -0.397 e. The van der Waals surface area contributed by atoms with Crippen LogP contribution in [0.25, 0.3) is 0 Å². The monoisotopic (exact) mass is 373 g/mol. The molecule has 7 heteroatoms. The number of benzene rings is 2. The fourth-order valence-corrected chi connectivity index (χ4v) is 2.41. The molecule has 2 aromatic carbocycles. The number of hydrogen-bond donors (Lipinski definition) is 3. The van der Waals surface area contributed by atoms with Gasteiger partial charge in [0.15, 0.2) is 0 Å². The molecular formula is C13H10BrCl2N3O. The minimum absolute atomic E-state index is 0.348. The Bertz CT molecular complexity index is 692. The summed E-state index contributed by atoms with van der Waals surface area (Å²) in [4.78, 5) is 11.2. The van der Waals surface area contributed by atoms with Crippen molar-refractivity contribution in [3.63, 3.8) is 0 Å². The largest absolute Gasteiger partial charge is 0.397 e. The van der Waals surface area contributed by atoms with Crippen molar-refractivity contribution in [3.05, 3.63) is 50.4 Å². The highest BCUT2D eigenvalue weighted by molar-refractivity contribution is 9.10. The van der Waals surface area contributed by atoms with Crippen LogP contribution in [-0.2, 0) is 0 Å². The van der Waals surface area contributed by atoms with Crippen LogP contribution in [0.2, 0.25) is 10.0 Å². The molecule has 1 amide bonds. The molecule has 20 heavy (non-hydrogen) atoms. The Hall–Kier alpha value is -1.43. The van der Waals surface area contributed by atoms with Gasteiger partial charge in [0.25, 0.3) is 0 Å². The molecular weight excluding hydrogens is 365 g/mol. The Morgan fingerprint density at radius 3 is 2.45 bits per heavy atom. The summed E-state index contributed by atoms with van der Waals surface area (Å²) in [5.74, 6) is -0.534. The summed E-state index contributed by atoms with van der Waals surface area (Å²) in [6.45, 7) is 0. The summed E-state index contributed by atoms with van der Waals surface area (Å²) in [5, 5.41) is 3.78. The predicted octanol–water partition coefficient (Wildman–Crippen LogP) is 4.18. The molecule has 0 saturated carbocycles. The molecule has 0 fully saturated rings. The van der Waals surface area contributed by atoms with E-state index in [1.54, 1.807) is 30.3 Å². The van der Waals surface area contributed by atoms with E-state index in [9.17, 15) is 4.79 Å². The highest BCUT2D eigenvalue weighted by Crippen LogP contribution is 2.38. The molecule has 0 aliphatic carbocycles. The van der Waals surface area contributed by atoms with Gasteiger partial charge in [-0.1, -0.05) is 23.2 Å². The predicted molar refractivity (Wildman–Crippen MR) is 86.8 cm³/mol. The van der Waals surface area contributed by atoms with Crippen molar-refractivity contribution < 1.29 is 4.79 Å². The molecule has 2 aromatic rings. The maximum absolute atomic E-state index is 11.2. The van der Waals surface area contributed by atoms with Crippen LogP contribution in [0.4, 0.5) is 17.1 Å². The lowest BCUT2D eigenvalue weighted by atomic mass is 10.1. The van der Waals surface area contributed by atoms with Crippen molar-refractivity contribution in [1.29, 1.82) is 0 Å². The molecule has 0 aromatic heterocycles. The fourth-order valence-electron chi connectivity index (χ4n) is 1.59. The second-order valence-corrected chi connectivity index (χ2v) is 5.62. The van der Waals surface area contributed by atoms with E-state index in [0.29, 0.717) is 37.1 Å². The van der Waals surface area contributed by atoms with Crippen molar-refractivity contribution in [2.45, 2.75) is 0 Å². The maximum Gasteiger partial charge on any atom is 0.248 e. The van der Waals surface area contributed by atoms with E-state index in [-0.39, 0.29) is 0 Å². The lowest BCUT2D eigenvalue weighted by Crippen LogP contribution is -2.11. The Kier molecular flexibility index (Phi) is 4.42. The SMILES string of the molecule is NC(=O)c1ccc(N)c(Nc2ccc(Br)c(Cl)c2Cl)c1. The molecule has 104 valence electrons. The first-order chi connectivity index (χ1) is 9.40. The molecule has 5 N–H and O–H groups in total. The number of nitrogens with one attached hydrogen (secondary N) is 1. The fraction of sp³-hybridized carbons (Fsp3) is 0. The second kappa shape index (κ2) is 5.91. The summed E-state index contributed by atoms with van der Waals surface area (Å²) >= 11 is 15.5. The maximum atomic E-state index is 11.2. The normalized spacial score (nSPS) is 10.3. The van der Waals surface area contributed by atoms with E-state index in [2.05, 4.69) is 21.2 Å². The topological polar surface area (TPSA) is 81.1 Å². The first kappa shape index (κ1) is 15.0. The van der Waals surface area contributed by atoms with Crippen LogP contribution < -0.4 is 16.8 Å². The van der Waals surface area contributed by atoms with Gasteiger partial charge in [-0.2, -0.15) is 0 Å². The number of hydrogen-bond acceptors (Lipinski definition) is 3. The average Bonchev–Trinajstić information content (AvgIpc) is 2.41. The number of carbonyl (C=O) groups excluding carboxylic acids is 1. The van der Waals surface area contributed by atoms with Crippen molar-refractivity contribution in [2.75, 3.05) is 11.1 Å². The van der Waals surface area contributed by atoms with E-state index in [1.807, 2.05) is 0 Å². The van der Waals surface area contributed by atoms with E-state index in [4.69, 9.17) is 34.7 Å². The highest BCUT2D eigenvalue weighted by Gasteiger charge is 2.11. The van der Waals surface area contributed by atoms with Crippen LogP contribution in [0.3, 0.4) is 0 Å². The zero-order chi connectivity index (χ0) is 14.9. The smallest absolute Gasteiger partial charge is 0.248 e. The third-order valence-corrected chi connectivity index (χ3v) is 4.41. The number of carbonyl (C=O) groups is 1. The molecule has 0 bridgehead atoms. The average molecular weight is 375 g/mol. The molecule has 0 atom stereocenters. The quantitative estimate of drug-likeness (QED) is 0.556. The van der Waals surface area contributed by atoms with Crippen molar-refractivity contribution in [1.82, 2.24) is 0 Å². The Morgan fingerprint density at radius 2 is 1.80 bits per heavy atom. The third kappa shape index (κ3) is 3.00. The van der Waals surface area contributed by atoms with Crippen LogP contribution in [0.15, 0.2) is 34.8 Å². The van der Waals surface area contributed by atoms with Gasteiger partial charge in [0.1, 0.15) is 0 Å². The van der Waals surface area contributed by atoms with Gasteiger partial charge in [-0.15, -0.1) is 0 Å². The third-order valence-electron chi connectivity index (χ3n) is 2.64. The van der Waals surface area contributed by atoms with Crippen LogP contribution in [0, 0.1) is 0 Å². The van der Waals surface area contributed by atoms with E-state index in [1.165, 1.54) is 0 Å². The highest BCUT2D eigenvalue weighted by atomic mass is 79.9. The Balaban J connectivity index is 2.42. The van der Waals surface area contributed by atoms with Gasteiger partial charge >= 0.3 is 0 Å².